The van der Waals surface area contributed by atoms with Crippen LogP contribution < -0.4 is 16.4 Å². The highest BCUT2D eigenvalue weighted by Crippen LogP contribution is 2.23. The molecule has 0 saturated heterocycles. The fourth-order valence-electron chi connectivity index (χ4n) is 2.70. The molecule has 0 aliphatic heterocycles. The summed E-state index contributed by atoms with van der Waals surface area (Å²) in [6.07, 6.45) is 4.89. The first-order valence-corrected chi connectivity index (χ1v) is 9.05. The number of hydrogen-bond acceptors (Lipinski definition) is 7. The lowest BCUT2D eigenvalue weighted by atomic mass is 10.0. The number of anilines is 1. The monoisotopic (exact) mass is 394 g/mol. The first kappa shape index (κ1) is 20.0. The van der Waals surface area contributed by atoms with E-state index in [2.05, 4.69) is 25.6 Å². The number of furan rings is 1. The van der Waals surface area contributed by atoms with Crippen LogP contribution in [0.15, 0.2) is 47.3 Å². The van der Waals surface area contributed by atoms with Crippen LogP contribution in [0.25, 0.3) is 22.6 Å². The molecule has 0 bridgehead atoms. The van der Waals surface area contributed by atoms with Crippen molar-refractivity contribution in [2.45, 2.75) is 19.9 Å². The molecule has 2 amide bonds. The Kier molecular flexibility index (Phi) is 5.87. The average Bonchev–Trinajstić information content (AvgIpc) is 3.22. The summed E-state index contributed by atoms with van der Waals surface area (Å²) in [5.74, 6) is -0.0439. The number of nitrogens with zero attached hydrogens (tertiary/aromatic N) is 3. The number of pyridine rings is 1. The maximum atomic E-state index is 12.5. The zero-order chi connectivity index (χ0) is 21.0. The number of likely N-dealkylation sites (N-methyl/N-ethyl adjacent to an activating group) is 1. The summed E-state index contributed by atoms with van der Waals surface area (Å²) < 4.78 is 5.64. The maximum absolute atomic E-state index is 12.5. The van der Waals surface area contributed by atoms with E-state index >= 15 is 0 Å². The molecule has 0 aromatic carbocycles. The van der Waals surface area contributed by atoms with Gasteiger partial charge in [-0.3, -0.25) is 14.6 Å². The van der Waals surface area contributed by atoms with E-state index in [4.69, 9.17) is 10.2 Å². The molecule has 9 nitrogen and oxygen atoms in total. The van der Waals surface area contributed by atoms with Gasteiger partial charge in [0.1, 0.15) is 11.7 Å². The Hall–Kier alpha value is -3.75. The van der Waals surface area contributed by atoms with Crippen LogP contribution in [0.2, 0.25) is 0 Å². The molecule has 150 valence electrons. The largest absolute Gasteiger partial charge is 0.449 e. The Labute approximate surface area is 167 Å². The Morgan fingerprint density at radius 1 is 1.00 bits per heavy atom. The predicted molar refractivity (Wildman–Crippen MR) is 108 cm³/mol. The second-order valence-corrected chi connectivity index (χ2v) is 6.74. The van der Waals surface area contributed by atoms with Crippen LogP contribution in [-0.4, -0.2) is 39.9 Å². The minimum absolute atomic E-state index is 0.0696. The highest BCUT2D eigenvalue weighted by molar-refractivity contribution is 5.96. The molecule has 3 aromatic rings. The van der Waals surface area contributed by atoms with Crippen molar-refractivity contribution in [3.05, 3.63) is 48.6 Å². The third kappa shape index (κ3) is 4.57. The topological polar surface area (TPSA) is 136 Å². The molecule has 0 aliphatic carbocycles. The van der Waals surface area contributed by atoms with Crippen molar-refractivity contribution in [3.63, 3.8) is 0 Å². The van der Waals surface area contributed by atoms with E-state index in [1.807, 2.05) is 19.9 Å². The number of nitrogens with two attached hydrogens (primary N) is 1. The third-order valence-electron chi connectivity index (χ3n) is 4.33. The average molecular weight is 394 g/mol. The van der Waals surface area contributed by atoms with Crippen LogP contribution in [0.1, 0.15) is 24.4 Å². The van der Waals surface area contributed by atoms with Crippen molar-refractivity contribution in [3.8, 4) is 22.6 Å². The number of carbonyl (C=O) groups excluding carboxylic acids is 2. The molecule has 1 atom stereocenters. The molecular weight excluding hydrogens is 372 g/mol. The van der Waals surface area contributed by atoms with Crippen LogP contribution in [0, 0.1) is 5.92 Å². The second-order valence-electron chi connectivity index (χ2n) is 6.74. The van der Waals surface area contributed by atoms with Gasteiger partial charge >= 0.3 is 0 Å². The first-order valence-electron chi connectivity index (χ1n) is 9.05. The molecule has 0 radical (unpaired) electrons. The molecule has 0 aliphatic rings. The summed E-state index contributed by atoms with van der Waals surface area (Å²) in [5, 5.41) is 5.24. The summed E-state index contributed by atoms with van der Waals surface area (Å²) in [5.41, 5.74) is 7.67. The van der Waals surface area contributed by atoms with Gasteiger partial charge in [0.25, 0.3) is 5.91 Å². The van der Waals surface area contributed by atoms with Gasteiger partial charge in [-0.2, -0.15) is 0 Å². The van der Waals surface area contributed by atoms with Crippen molar-refractivity contribution >= 4 is 17.8 Å². The zero-order valence-corrected chi connectivity index (χ0v) is 16.3. The molecule has 0 spiro atoms. The predicted octanol–water partition coefficient (Wildman–Crippen LogP) is 1.88. The standard InChI is InChI=1S/C20H22N6O3/c1-11(2)17(19(28)22-3)26-18(27)16-7-6-15(29-16)14-5-4-12(8-23-14)13-9-24-20(21)25-10-13/h4-11,17H,1-3H3,(H,22,28)(H,26,27)(H2,21,24,25)/t17-/m0/s1. The van der Waals surface area contributed by atoms with Crippen LogP contribution in [0.4, 0.5) is 5.95 Å². The van der Waals surface area contributed by atoms with Gasteiger partial charge in [0, 0.05) is 36.8 Å². The van der Waals surface area contributed by atoms with E-state index in [9.17, 15) is 9.59 Å². The van der Waals surface area contributed by atoms with E-state index in [1.165, 1.54) is 7.05 Å². The Bertz CT molecular complexity index is 996. The summed E-state index contributed by atoms with van der Waals surface area (Å²) in [4.78, 5) is 36.7. The molecule has 0 saturated carbocycles. The summed E-state index contributed by atoms with van der Waals surface area (Å²) in [6.45, 7) is 3.71. The quantitative estimate of drug-likeness (QED) is 0.581. The van der Waals surface area contributed by atoms with Gasteiger partial charge in [-0.25, -0.2) is 9.97 Å². The molecule has 0 fully saturated rings. The number of hydrogen-bond donors (Lipinski definition) is 3. The molecule has 4 N–H and O–H groups in total. The molecule has 3 aromatic heterocycles. The number of aromatic nitrogens is 3. The lowest BCUT2D eigenvalue weighted by Crippen LogP contribution is -2.48. The molecule has 9 heteroatoms. The Morgan fingerprint density at radius 2 is 1.69 bits per heavy atom. The van der Waals surface area contributed by atoms with E-state index in [0.717, 1.165) is 11.1 Å². The number of amides is 2. The molecule has 0 unspecified atom stereocenters. The summed E-state index contributed by atoms with van der Waals surface area (Å²) >= 11 is 0. The lowest BCUT2D eigenvalue weighted by molar-refractivity contribution is -0.123. The Balaban J connectivity index is 1.74. The molecular formula is C20H22N6O3. The number of rotatable bonds is 6. The smallest absolute Gasteiger partial charge is 0.287 e. The van der Waals surface area contributed by atoms with Crippen molar-refractivity contribution in [1.82, 2.24) is 25.6 Å². The van der Waals surface area contributed by atoms with Crippen molar-refractivity contribution in [2.24, 2.45) is 5.92 Å². The van der Waals surface area contributed by atoms with Crippen LogP contribution in [0.5, 0.6) is 0 Å². The normalized spacial score (nSPS) is 11.9. The maximum Gasteiger partial charge on any atom is 0.287 e. The highest BCUT2D eigenvalue weighted by atomic mass is 16.4. The number of carbonyl (C=O) groups is 2. The van der Waals surface area contributed by atoms with Gasteiger partial charge in [-0.05, 0) is 24.1 Å². The van der Waals surface area contributed by atoms with Gasteiger partial charge in [-0.1, -0.05) is 19.9 Å². The van der Waals surface area contributed by atoms with E-state index in [0.29, 0.717) is 11.5 Å². The van der Waals surface area contributed by atoms with Crippen LogP contribution in [0.3, 0.4) is 0 Å². The van der Waals surface area contributed by atoms with Crippen molar-refractivity contribution in [2.75, 3.05) is 12.8 Å². The third-order valence-corrected chi connectivity index (χ3v) is 4.33. The van der Waals surface area contributed by atoms with E-state index in [-0.39, 0.29) is 23.5 Å². The summed E-state index contributed by atoms with van der Waals surface area (Å²) in [7, 11) is 1.53. The summed E-state index contributed by atoms with van der Waals surface area (Å²) in [6, 6.07) is 6.18. The SMILES string of the molecule is CNC(=O)[C@@H](NC(=O)c1ccc(-c2ccc(-c3cnc(N)nc3)cn2)o1)C(C)C. The van der Waals surface area contributed by atoms with Crippen LogP contribution >= 0.6 is 0 Å². The number of nitrogen functional groups attached to an aromatic ring is 1. The van der Waals surface area contributed by atoms with Gasteiger partial charge in [0.05, 0.1) is 0 Å². The minimum Gasteiger partial charge on any atom is -0.449 e. The van der Waals surface area contributed by atoms with Gasteiger partial charge in [0.2, 0.25) is 11.9 Å². The van der Waals surface area contributed by atoms with E-state index in [1.54, 1.807) is 36.8 Å². The zero-order valence-electron chi connectivity index (χ0n) is 16.3. The fraction of sp³-hybridized carbons (Fsp3) is 0.250. The molecule has 29 heavy (non-hydrogen) atoms. The first-order chi connectivity index (χ1) is 13.9. The van der Waals surface area contributed by atoms with Gasteiger partial charge < -0.3 is 20.8 Å². The van der Waals surface area contributed by atoms with Gasteiger partial charge in [0.15, 0.2) is 11.5 Å². The lowest BCUT2D eigenvalue weighted by Gasteiger charge is -2.19. The highest BCUT2D eigenvalue weighted by Gasteiger charge is 2.25. The van der Waals surface area contributed by atoms with Crippen molar-refractivity contribution in [1.29, 1.82) is 0 Å². The van der Waals surface area contributed by atoms with Crippen LogP contribution in [-0.2, 0) is 4.79 Å². The Morgan fingerprint density at radius 3 is 2.28 bits per heavy atom. The second kappa shape index (κ2) is 8.51. The van der Waals surface area contributed by atoms with Gasteiger partial charge in [-0.15, -0.1) is 0 Å². The van der Waals surface area contributed by atoms with Crippen molar-refractivity contribution < 1.29 is 14.0 Å². The number of nitrogens with one attached hydrogen (secondary N) is 2. The molecule has 3 rings (SSSR count). The van der Waals surface area contributed by atoms with E-state index < -0.39 is 11.9 Å². The minimum atomic E-state index is -0.652. The fourth-order valence-corrected chi connectivity index (χ4v) is 2.70. The molecule has 3 heterocycles.